The van der Waals surface area contributed by atoms with Crippen LogP contribution < -0.4 is 0 Å². The lowest BCUT2D eigenvalue weighted by Crippen LogP contribution is -2.28. The fourth-order valence-corrected chi connectivity index (χ4v) is 1.78. The highest BCUT2D eigenvalue weighted by Crippen LogP contribution is 2.21. The van der Waals surface area contributed by atoms with E-state index in [0.29, 0.717) is 6.42 Å². The van der Waals surface area contributed by atoms with Gasteiger partial charge in [0.1, 0.15) is 0 Å². The molecule has 6 heteroatoms. The molecule has 16 heavy (non-hydrogen) atoms. The third kappa shape index (κ3) is 6.07. The van der Waals surface area contributed by atoms with Crippen LogP contribution in [0, 0.1) is 11.3 Å². The van der Waals surface area contributed by atoms with Crippen molar-refractivity contribution in [2.45, 2.75) is 34.1 Å². The van der Waals surface area contributed by atoms with Gasteiger partial charge in [0.05, 0.1) is 17.8 Å². The highest BCUT2D eigenvalue weighted by Gasteiger charge is 2.27. The maximum Gasteiger partial charge on any atom is 0.311 e. The van der Waals surface area contributed by atoms with Crippen LogP contribution in [0.3, 0.4) is 0 Å². The molecule has 1 unspecified atom stereocenters. The van der Waals surface area contributed by atoms with E-state index in [9.17, 15) is 13.2 Å². The Morgan fingerprint density at radius 3 is 2.31 bits per heavy atom. The Morgan fingerprint density at radius 1 is 1.44 bits per heavy atom. The van der Waals surface area contributed by atoms with Gasteiger partial charge in [-0.3, -0.25) is 9.35 Å². The van der Waals surface area contributed by atoms with Gasteiger partial charge in [-0.05, 0) is 20.3 Å². The van der Waals surface area contributed by atoms with E-state index in [-0.39, 0.29) is 12.6 Å². The van der Waals surface area contributed by atoms with Crippen molar-refractivity contribution in [3.8, 4) is 0 Å². The summed E-state index contributed by atoms with van der Waals surface area (Å²) < 4.78 is 34.7. The molecule has 0 fully saturated rings. The van der Waals surface area contributed by atoms with Crippen molar-refractivity contribution in [3.05, 3.63) is 0 Å². The Bertz CT molecular complexity index is 331. The first-order chi connectivity index (χ1) is 7.08. The summed E-state index contributed by atoms with van der Waals surface area (Å²) in [6.45, 7) is 7.01. The van der Waals surface area contributed by atoms with Gasteiger partial charge in [0.2, 0.25) is 0 Å². The third-order valence-corrected chi connectivity index (χ3v) is 3.42. The first-order valence-corrected chi connectivity index (χ1v) is 6.82. The third-order valence-electron chi connectivity index (χ3n) is 2.43. The van der Waals surface area contributed by atoms with Crippen LogP contribution >= 0.6 is 0 Å². The molecular formula is C10H20O5S. The average Bonchev–Trinajstić information content (AvgIpc) is 2.11. The average molecular weight is 252 g/mol. The van der Waals surface area contributed by atoms with Crippen LogP contribution in [-0.4, -0.2) is 31.3 Å². The molecule has 0 saturated carbocycles. The Kier molecular flexibility index (Phi) is 5.41. The molecule has 0 aliphatic rings. The van der Waals surface area contributed by atoms with Crippen LogP contribution in [-0.2, 0) is 19.6 Å². The summed E-state index contributed by atoms with van der Waals surface area (Å²) >= 11 is 0. The standard InChI is InChI=1S/C10H20O5S/c1-5-10(3,4)9(11)15-6-8(2)7-16(12,13)14/h8H,5-7H2,1-4H3,(H,12,13,14). The fraction of sp³-hybridized carbons (Fsp3) is 0.900. The predicted octanol–water partition coefficient (Wildman–Crippen LogP) is 1.49. The van der Waals surface area contributed by atoms with Crippen molar-refractivity contribution < 1.29 is 22.5 Å². The minimum atomic E-state index is -4.00. The highest BCUT2D eigenvalue weighted by atomic mass is 32.2. The molecule has 0 aromatic rings. The SMILES string of the molecule is CCC(C)(C)C(=O)OCC(C)CS(=O)(=O)O. The second-order valence-electron chi connectivity index (χ2n) is 4.69. The fourth-order valence-electron chi connectivity index (χ4n) is 0.965. The number of hydrogen-bond acceptors (Lipinski definition) is 4. The largest absolute Gasteiger partial charge is 0.465 e. The van der Waals surface area contributed by atoms with E-state index in [1.165, 1.54) is 0 Å². The molecule has 0 rings (SSSR count). The maximum atomic E-state index is 11.5. The summed E-state index contributed by atoms with van der Waals surface area (Å²) in [5.74, 6) is -1.16. The van der Waals surface area contributed by atoms with Gasteiger partial charge in [0.15, 0.2) is 0 Å². The Balaban J connectivity index is 4.12. The molecule has 1 atom stereocenters. The van der Waals surface area contributed by atoms with Crippen molar-refractivity contribution in [3.63, 3.8) is 0 Å². The molecule has 0 saturated heterocycles. The number of rotatable bonds is 6. The Morgan fingerprint density at radius 2 is 1.94 bits per heavy atom. The monoisotopic (exact) mass is 252 g/mol. The van der Waals surface area contributed by atoms with E-state index in [1.807, 2.05) is 6.92 Å². The second-order valence-corrected chi connectivity index (χ2v) is 6.19. The first kappa shape index (κ1) is 15.4. The zero-order chi connectivity index (χ0) is 13.0. The quantitative estimate of drug-likeness (QED) is 0.572. The van der Waals surface area contributed by atoms with Crippen molar-refractivity contribution in [2.75, 3.05) is 12.4 Å². The second kappa shape index (κ2) is 5.63. The summed E-state index contributed by atoms with van der Waals surface area (Å²) in [4.78, 5) is 11.5. The molecule has 0 aliphatic carbocycles. The van der Waals surface area contributed by atoms with Crippen molar-refractivity contribution in [2.24, 2.45) is 11.3 Å². The van der Waals surface area contributed by atoms with E-state index < -0.39 is 27.2 Å². The van der Waals surface area contributed by atoms with Crippen LogP contribution in [0.5, 0.6) is 0 Å². The maximum absolute atomic E-state index is 11.5. The summed E-state index contributed by atoms with van der Waals surface area (Å²) in [5.41, 5.74) is -0.558. The molecule has 0 heterocycles. The number of ether oxygens (including phenoxy) is 1. The van der Waals surface area contributed by atoms with Crippen LogP contribution in [0.15, 0.2) is 0 Å². The molecule has 5 nitrogen and oxygen atoms in total. The Hall–Kier alpha value is -0.620. The molecule has 0 amide bonds. The van der Waals surface area contributed by atoms with Gasteiger partial charge in [0, 0.05) is 5.92 Å². The van der Waals surface area contributed by atoms with Gasteiger partial charge in [-0.25, -0.2) is 0 Å². The highest BCUT2D eigenvalue weighted by molar-refractivity contribution is 7.85. The molecular weight excluding hydrogens is 232 g/mol. The van der Waals surface area contributed by atoms with Crippen molar-refractivity contribution in [1.82, 2.24) is 0 Å². The summed E-state index contributed by atoms with van der Waals surface area (Å²) in [5, 5.41) is 0. The van der Waals surface area contributed by atoms with E-state index >= 15 is 0 Å². The first-order valence-electron chi connectivity index (χ1n) is 5.21. The zero-order valence-corrected chi connectivity index (χ0v) is 11.0. The minimum Gasteiger partial charge on any atom is -0.465 e. The van der Waals surface area contributed by atoms with E-state index in [2.05, 4.69) is 0 Å². The predicted molar refractivity (Wildman–Crippen MR) is 60.6 cm³/mol. The summed E-state index contributed by atoms with van der Waals surface area (Å²) in [7, 11) is -4.00. The lowest BCUT2D eigenvalue weighted by Gasteiger charge is -2.21. The van der Waals surface area contributed by atoms with E-state index in [0.717, 1.165) is 0 Å². The molecule has 0 bridgehead atoms. The number of hydrogen-bond donors (Lipinski definition) is 1. The van der Waals surface area contributed by atoms with Crippen LogP contribution in [0.25, 0.3) is 0 Å². The molecule has 96 valence electrons. The van der Waals surface area contributed by atoms with Crippen LogP contribution in [0.1, 0.15) is 34.1 Å². The molecule has 1 N–H and O–H groups in total. The van der Waals surface area contributed by atoms with Crippen molar-refractivity contribution >= 4 is 16.1 Å². The lowest BCUT2D eigenvalue weighted by atomic mass is 9.91. The van der Waals surface area contributed by atoms with E-state index in [4.69, 9.17) is 9.29 Å². The molecule has 0 aliphatic heterocycles. The van der Waals surface area contributed by atoms with Gasteiger partial charge in [-0.15, -0.1) is 0 Å². The number of esters is 1. The summed E-state index contributed by atoms with van der Waals surface area (Å²) in [6, 6.07) is 0. The van der Waals surface area contributed by atoms with Crippen molar-refractivity contribution in [1.29, 1.82) is 0 Å². The number of carbonyl (C=O) groups excluding carboxylic acids is 1. The molecule has 0 radical (unpaired) electrons. The minimum absolute atomic E-state index is 0.00204. The van der Waals surface area contributed by atoms with Crippen LogP contribution in [0.2, 0.25) is 0 Å². The van der Waals surface area contributed by atoms with Crippen LogP contribution in [0.4, 0.5) is 0 Å². The zero-order valence-electron chi connectivity index (χ0n) is 10.2. The topological polar surface area (TPSA) is 80.7 Å². The van der Waals surface area contributed by atoms with Gasteiger partial charge in [-0.1, -0.05) is 13.8 Å². The van der Waals surface area contributed by atoms with E-state index in [1.54, 1.807) is 20.8 Å². The molecule has 0 aromatic heterocycles. The molecule has 0 aromatic carbocycles. The smallest absolute Gasteiger partial charge is 0.311 e. The normalized spacial score (nSPS) is 14.6. The van der Waals surface area contributed by atoms with Gasteiger partial charge < -0.3 is 4.74 Å². The summed E-state index contributed by atoms with van der Waals surface area (Å²) in [6.07, 6.45) is 0.651. The Labute approximate surface area is 96.9 Å². The van der Waals surface area contributed by atoms with Gasteiger partial charge >= 0.3 is 5.97 Å². The van der Waals surface area contributed by atoms with Gasteiger partial charge in [0.25, 0.3) is 10.1 Å². The van der Waals surface area contributed by atoms with Gasteiger partial charge in [-0.2, -0.15) is 8.42 Å². The molecule has 0 spiro atoms. The lowest BCUT2D eigenvalue weighted by molar-refractivity contribution is -0.155. The number of carbonyl (C=O) groups is 1.